The van der Waals surface area contributed by atoms with Crippen LogP contribution in [0.2, 0.25) is 5.02 Å². The van der Waals surface area contributed by atoms with E-state index < -0.39 is 0 Å². The lowest BCUT2D eigenvalue weighted by atomic mass is 9.95. The molecule has 1 aliphatic rings. The number of hydrogen-bond donors (Lipinski definition) is 1. The van der Waals surface area contributed by atoms with E-state index in [2.05, 4.69) is 24.4 Å². The van der Waals surface area contributed by atoms with Crippen molar-refractivity contribution in [3.05, 3.63) is 34.9 Å². The summed E-state index contributed by atoms with van der Waals surface area (Å²) in [5.41, 5.74) is 1.39. The highest BCUT2D eigenvalue weighted by molar-refractivity contribution is 6.30. The number of likely N-dealkylation sites (N-methyl/N-ethyl adjacent to an activating group) is 1. The van der Waals surface area contributed by atoms with Crippen LogP contribution in [0.15, 0.2) is 24.3 Å². The maximum absolute atomic E-state index is 5.94. The summed E-state index contributed by atoms with van der Waals surface area (Å²) < 4.78 is 0. The highest BCUT2D eigenvalue weighted by Gasteiger charge is 2.17. The first-order valence-corrected chi connectivity index (χ1v) is 8.13. The van der Waals surface area contributed by atoms with Crippen LogP contribution >= 0.6 is 11.6 Å². The molecule has 106 valence electrons. The third-order valence-corrected chi connectivity index (χ3v) is 4.54. The summed E-state index contributed by atoms with van der Waals surface area (Å²) in [6.07, 6.45) is 9.64. The molecule has 1 saturated carbocycles. The highest BCUT2D eigenvalue weighted by atomic mass is 35.5. The molecule has 0 amide bonds. The lowest BCUT2D eigenvalue weighted by Gasteiger charge is -2.20. The lowest BCUT2D eigenvalue weighted by molar-refractivity contribution is 0.407. The van der Waals surface area contributed by atoms with Gasteiger partial charge in [-0.05, 0) is 49.4 Å². The molecule has 1 N–H and O–H groups in total. The van der Waals surface area contributed by atoms with E-state index in [-0.39, 0.29) is 0 Å². The average Bonchev–Trinajstić information content (AvgIpc) is 2.92. The van der Waals surface area contributed by atoms with Crippen LogP contribution in [0.3, 0.4) is 0 Å². The summed E-state index contributed by atoms with van der Waals surface area (Å²) in [4.78, 5) is 0. The van der Waals surface area contributed by atoms with Crippen molar-refractivity contribution in [2.45, 2.75) is 57.9 Å². The third-order valence-electron chi connectivity index (χ3n) is 4.29. The Morgan fingerprint density at radius 3 is 2.53 bits per heavy atom. The van der Waals surface area contributed by atoms with E-state index in [1.807, 2.05) is 12.1 Å². The zero-order valence-corrected chi connectivity index (χ0v) is 12.8. The average molecular weight is 280 g/mol. The van der Waals surface area contributed by atoms with Gasteiger partial charge in [0, 0.05) is 11.1 Å². The molecule has 1 nitrogen and oxygen atoms in total. The summed E-state index contributed by atoms with van der Waals surface area (Å²) in [6, 6.07) is 8.92. The van der Waals surface area contributed by atoms with Crippen LogP contribution in [-0.2, 0) is 6.42 Å². The molecule has 0 spiro atoms. The number of hydrogen-bond acceptors (Lipinski definition) is 1. The maximum Gasteiger partial charge on any atom is 0.0406 e. The van der Waals surface area contributed by atoms with Crippen molar-refractivity contribution in [2.24, 2.45) is 5.92 Å². The molecular weight excluding hydrogens is 254 g/mol. The van der Waals surface area contributed by atoms with Crippen molar-refractivity contribution in [1.82, 2.24) is 5.32 Å². The second kappa shape index (κ2) is 7.91. The fourth-order valence-corrected chi connectivity index (χ4v) is 3.33. The molecule has 0 heterocycles. The van der Waals surface area contributed by atoms with Gasteiger partial charge in [-0.15, -0.1) is 0 Å². The minimum absolute atomic E-state index is 0.617. The summed E-state index contributed by atoms with van der Waals surface area (Å²) in [6.45, 7) is 3.26. The van der Waals surface area contributed by atoms with Crippen LogP contribution in [0.4, 0.5) is 0 Å². The molecule has 1 atom stereocenters. The Labute approximate surface area is 122 Å². The molecule has 0 bridgehead atoms. The van der Waals surface area contributed by atoms with Gasteiger partial charge in [0.25, 0.3) is 0 Å². The van der Waals surface area contributed by atoms with E-state index >= 15 is 0 Å². The molecule has 0 aliphatic heterocycles. The van der Waals surface area contributed by atoms with Gasteiger partial charge < -0.3 is 5.32 Å². The molecule has 0 aromatic heterocycles. The van der Waals surface area contributed by atoms with E-state index in [4.69, 9.17) is 11.6 Å². The van der Waals surface area contributed by atoms with E-state index in [1.165, 1.54) is 44.1 Å². The molecule has 1 aromatic carbocycles. The van der Waals surface area contributed by atoms with E-state index in [1.54, 1.807) is 0 Å². The molecule has 1 aromatic rings. The molecule has 1 aliphatic carbocycles. The fraction of sp³-hybridized carbons (Fsp3) is 0.647. The van der Waals surface area contributed by atoms with E-state index in [0.29, 0.717) is 6.04 Å². The van der Waals surface area contributed by atoms with Gasteiger partial charge in [0.2, 0.25) is 0 Å². The van der Waals surface area contributed by atoms with Gasteiger partial charge in [0.15, 0.2) is 0 Å². The quantitative estimate of drug-likeness (QED) is 0.754. The van der Waals surface area contributed by atoms with Crippen LogP contribution in [-0.4, -0.2) is 12.6 Å². The Morgan fingerprint density at radius 2 is 1.89 bits per heavy atom. The summed E-state index contributed by atoms with van der Waals surface area (Å²) >= 11 is 5.94. The van der Waals surface area contributed by atoms with Gasteiger partial charge >= 0.3 is 0 Å². The molecule has 1 fully saturated rings. The van der Waals surface area contributed by atoms with Crippen LogP contribution in [0.5, 0.6) is 0 Å². The van der Waals surface area contributed by atoms with Crippen molar-refractivity contribution in [2.75, 3.05) is 6.54 Å². The largest absolute Gasteiger partial charge is 0.314 e. The maximum atomic E-state index is 5.94. The van der Waals surface area contributed by atoms with Gasteiger partial charge in [-0.3, -0.25) is 0 Å². The van der Waals surface area contributed by atoms with Gasteiger partial charge in [-0.2, -0.15) is 0 Å². The van der Waals surface area contributed by atoms with Crippen LogP contribution < -0.4 is 5.32 Å². The number of rotatable bonds is 7. The predicted molar refractivity (Wildman–Crippen MR) is 83.8 cm³/mol. The first-order chi connectivity index (χ1) is 9.28. The smallest absolute Gasteiger partial charge is 0.0406 e. The first kappa shape index (κ1) is 14.9. The standard InChI is InChI=1S/C17H26ClN/c1-2-19-17(12-9-14-5-3-4-6-14)13-15-7-10-16(18)11-8-15/h7-8,10-11,14,17,19H,2-6,9,12-13H2,1H3. The van der Waals surface area contributed by atoms with Gasteiger partial charge in [-0.1, -0.05) is 56.3 Å². The monoisotopic (exact) mass is 279 g/mol. The number of halogens is 1. The van der Waals surface area contributed by atoms with Crippen LogP contribution in [0, 0.1) is 5.92 Å². The zero-order chi connectivity index (χ0) is 13.5. The summed E-state index contributed by atoms with van der Waals surface area (Å²) in [5, 5.41) is 4.47. The fourth-order valence-electron chi connectivity index (χ4n) is 3.21. The summed E-state index contributed by atoms with van der Waals surface area (Å²) in [7, 11) is 0. The molecule has 0 saturated heterocycles. The van der Waals surface area contributed by atoms with Crippen LogP contribution in [0.1, 0.15) is 51.0 Å². The normalized spacial score (nSPS) is 17.8. The van der Waals surface area contributed by atoms with E-state index in [9.17, 15) is 0 Å². The SMILES string of the molecule is CCNC(CCC1CCCC1)Cc1ccc(Cl)cc1. The molecule has 0 radical (unpaired) electrons. The van der Waals surface area contributed by atoms with Crippen molar-refractivity contribution < 1.29 is 0 Å². The van der Waals surface area contributed by atoms with Crippen molar-refractivity contribution in [3.63, 3.8) is 0 Å². The minimum atomic E-state index is 0.617. The Morgan fingerprint density at radius 1 is 1.21 bits per heavy atom. The van der Waals surface area contributed by atoms with Gasteiger partial charge in [-0.25, -0.2) is 0 Å². The Kier molecular flexibility index (Phi) is 6.19. The predicted octanol–water partition coefficient (Wildman–Crippen LogP) is 4.83. The van der Waals surface area contributed by atoms with Crippen LogP contribution in [0.25, 0.3) is 0 Å². The Bertz CT molecular complexity index is 354. The molecular formula is C17H26ClN. The molecule has 2 heteroatoms. The molecule has 2 rings (SSSR count). The topological polar surface area (TPSA) is 12.0 Å². The Hall–Kier alpha value is -0.530. The Balaban J connectivity index is 1.82. The van der Waals surface area contributed by atoms with Crippen molar-refractivity contribution >= 4 is 11.6 Å². The minimum Gasteiger partial charge on any atom is -0.314 e. The highest BCUT2D eigenvalue weighted by Crippen LogP contribution is 2.29. The summed E-state index contributed by atoms with van der Waals surface area (Å²) in [5.74, 6) is 0.992. The second-order valence-corrected chi connectivity index (χ2v) is 6.25. The number of nitrogens with one attached hydrogen (secondary N) is 1. The molecule has 19 heavy (non-hydrogen) atoms. The second-order valence-electron chi connectivity index (χ2n) is 5.81. The third kappa shape index (κ3) is 5.16. The zero-order valence-electron chi connectivity index (χ0n) is 12.0. The van der Waals surface area contributed by atoms with Crippen molar-refractivity contribution in [1.29, 1.82) is 0 Å². The van der Waals surface area contributed by atoms with Crippen molar-refractivity contribution in [3.8, 4) is 0 Å². The number of benzene rings is 1. The molecule has 1 unspecified atom stereocenters. The van der Waals surface area contributed by atoms with E-state index in [0.717, 1.165) is 23.9 Å². The van der Waals surface area contributed by atoms with Gasteiger partial charge in [0.05, 0.1) is 0 Å². The first-order valence-electron chi connectivity index (χ1n) is 7.75. The lowest BCUT2D eigenvalue weighted by Crippen LogP contribution is -2.31. The van der Waals surface area contributed by atoms with Gasteiger partial charge in [0.1, 0.15) is 0 Å².